The van der Waals surface area contributed by atoms with Crippen LogP contribution in [0.5, 0.6) is 0 Å². The molecule has 1 aromatic heterocycles. The van der Waals surface area contributed by atoms with Gasteiger partial charge in [-0.05, 0) is 62.4 Å². The lowest BCUT2D eigenvalue weighted by atomic mass is 10.2. The van der Waals surface area contributed by atoms with Crippen molar-refractivity contribution in [2.45, 2.75) is 13.8 Å². The van der Waals surface area contributed by atoms with Crippen LogP contribution in [0.3, 0.4) is 0 Å². The standard InChI is InChI=1S/C21H18BrClN4O2/c1-13-10-15(14(2)27(13)19-8-6-17(23)7-9-19)12-24-26-21(29)20(28)25-18-5-3-4-16(22)11-18/h3-12H,1-2H3,(H,25,28)(H,26,29)/b24-12-. The molecular weight excluding hydrogens is 456 g/mol. The molecule has 148 valence electrons. The van der Waals surface area contributed by atoms with Gasteiger partial charge in [0, 0.05) is 37.8 Å². The largest absolute Gasteiger partial charge is 0.329 e. The van der Waals surface area contributed by atoms with E-state index in [0.29, 0.717) is 10.7 Å². The number of anilines is 1. The Kier molecular flexibility index (Phi) is 6.51. The number of hydrogen-bond acceptors (Lipinski definition) is 3. The zero-order valence-corrected chi connectivity index (χ0v) is 18.1. The van der Waals surface area contributed by atoms with E-state index in [0.717, 1.165) is 27.1 Å². The zero-order chi connectivity index (χ0) is 21.0. The van der Waals surface area contributed by atoms with Gasteiger partial charge < -0.3 is 9.88 Å². The fourth-order valence-electron chi connectivity index (χ4n) is 2.87. The lowest BCUT2D eigenvalue weighted by Gasteiger charge is -2.09. The minimum Gasteiger partial charge on any atom is -0.318 e. The Morgan fingerprint density at radius 2 is 1.79 bits per heavy atom. The fourth-order valence-corrected chi connectivity index (χ4v) is 3.40. The monoisotopic (exact) mass is 472 g/mol. The second-order valence-corrected chi connectivity index (χ2v) is 7.65. The number of carbonyl (C=O) groups is 2. The average molecular weight is 474 g/mol. The molecule has 3 aromatic rings. The smallest absolute Gasteiger partial charge is 0.318 e. The molecule has 0 aliphatic carbocycles. The van der Waals surface area contributed by atoms with Gasteiger partial charge in [0.1, 0.15) is 0 Å². The Labute approximate surface area is 181 Å². The van der Waals surface area contributed by atoms with E-state index in [-0.39, 0.29) is 0 Å². The molecule has 2 amide bonds. The summed E-state index contributed by atoms with van der Waals surface area (Å²) in [5, 5.41) is 7.10. The molecule has 0 bridgehead atoms. The summed E-state index contributed by atoms with van der Waals surface area (Å²) in [5.41, 5.74) is 6.51. The highest BCUT2D eigenvalue weighted by molar-refractivity contribution is 9.10. The van der Waals surface area contributed by atoms with Crippen molar-refractivity contribution in [2.24, 2.45) is 5.10 Å². The first kappa shape index (κ1) is 20.8. The van der Waals surface area contributed by atoms with Crippen molar-refractivity contribution < 1.29 is 9.59 Å². The first-order valence-electron chi connectivity index (χ1n) is 8.70. The summed E-state index contributed by atoms with van der Waals surface area (Å²) in [5.74, 6) is -1.65. The number of amides is 2. The highest BCUT2D eigenvalue weighted by Gasteiger charge is 2.13. The van der Waals surface area contributed by atoms with Gasteiger partial charge in [-0.15, -0.1) is 0 Å². The molecule has 0 radical (unpaired) electrons. The van der Waals surface area contributed by atoms with Crippen LogP contribution in [0, 0.1) is 13.8 Å². The van der Waals surface area contributed by atoms with Crippen molar-refractivity contribution in [3.8, 4) is 5.69 Å². The molecule has 0 saturated carbocycles. The summed E-state index contributed by atoms with van der Waals surface area (Å²) in [7, 11) is 0. The fraction of sp³-hybridized carbons (Fsp3) is 0.0952. The molecule has 0 unspecified atom stereocenters. The van der Waals surface area contributed by atoms with E-state index in [1.165, 1.54) is 6.21 Å². The number of aryl methyl sites for hydroxylation is 1. The summed E-state index contributed by atoms with van der Waals surface area (Å²) in [6, 6.07) is 16.4. The number of hydrogen-bond donors (Lipinski definition) is 2. The average Bonchev–Trinajstić information content (AvgIpc) is 2.96. The Morgan fingerprint density at radius 1 is 1.07 bits per heavy atom. The predicted molar refractivity (Wildman–Crippen MR) is 119 cm³/mol. The molecule has 29 heavy (non-hydrogen) atoms. The van der Waals surface area contributed by atoms with Crippen LogP contribution in [0.15, 0.2) is 64.2 Å². The maximum absolute atomic E-state index is 12.0. The van der Waals surface area contributed by atoms with E-state index in [4.69, 9.17) is 11.6 Å². The number of hydrazone groups is 1. The Hall–Kier alpha value is -2.90. The van der Waals surface area contributed by atoms with Crippen LogP contribution in [0.1, 0.15) is 17.0 Å². The molecule has 0 spiro atoms. The third-order valence-corrected chi connectivity index (χ3v) is 4.96. The second kappa shape index (κ2) is 9.07. The minimum absolute atomic E-state index is 0.509. The van der Waals surface area contributed by atoms with Gasteiger partial charge in [0.05, 0.1) is 6.21 Å². The number of nitrogens with one attached hydrogen (secondary N) is 2. The van der Waals surface area contributed by atoms with Gasteiger partial charge in [0.25, 0.3) is 0 Å². The van der Waals surface area contributed by atoms with Crippen LogP contribution in [-0.2, 0) is 9.59 Å². The van der Waals surface area contributed by atoms with Gasteiger partial charge >= 0.3 is 11.8 Å². The molecule has 2 N–H and O–H groups in total. The number of carbonyl (C=O) groups excluding carboxylic acids is 2. The molecule has 0 aliphatic heterocycles. The summed E-state index contributed by atoms with van der Waals surface area (Å²) < 4.78 is 2.85. The quantitative estimate of drug-likeness (QED) is 0.330. The predicted octanol–water partition coefficient (Wildman–Crippen LogP) is 4.60. The molecular formula is C21H18BrClN4O2. The van der Waals surface area contributed by atoms with Crippen molar-refractivity contribution in [1.29, 1.82) is 0 Å². The number of benzene rings is 2. The van der Waals surface area contributed by atoms with Gasteiger partial charge in [0.2, 0.25) is 0 Å². The summed E-state index contributed by atoms with van der Waals surface area (Å²) >= 11 is 9.27. The van der Waals surface area contributed by atoms with Crippen LogP contribution in [0.4, 0.5) is 5.69 Å². The number of nitrogens with zero attached hydrogens (tertiary/aromatic N) is 2. The van der Waals surface area contributed by atoms with E-state index in [1.54, 1.807) is 18.2 Å². The molecule has 3 rings (SSSR count). The molecule has 8 heteroatoms. The molecule has 0 atom stereocenters. The third-order valence-electron chi connectivity index (χ3n) is 4.21. The molecule has 6 nitrogen and oxygen atoms in total. The van der Waals surface area contributed by atoms with Crippen molar-refractivity contribution >= 4 is 51.2 Å². The number of aromatic nitrogens is 1. The van der Waals surface area contributed by atoms with E-state index < -0.39 is 11.8 Å². The molecule has 0 aliphatic rings. The van der Waals surface area contributed by atoms with Crippen molar-refractivity contribution in [3.63, 3.8) is 0 Å². The van der Waals surface area contributed by atoms with Crippen LogP contribution >= 0.6 is 27.5 Å². The van der Waals surface area contributed by atoms with Crippen LogP contribution in [-0.4, -0.2) is 22.6 Å². The lowest BCUT2D eigenvalue weighted by molar-refractivity contribution is -0.136. The van der Waals surface area contributed by atoms with E-state index >= 15 is 0 Å². The molecule has 0 fully saturated rings. The van der Waals surface area contributed by atoms with Crippen molar-refractivity contribution in [1.82, 2.24) is 9.99 Å². The van der Waals surface area contributed by atoms with E-state index in [1.807, 2.05) is 50.2 Å². The first-order chi connectivity index (χ1) is 13.8. The first-order valence-corrected chi connectivity index (χ1v) is 9.87. The summed E-state index contributed by atoms with van der Waals surface area (Å²) in [4.78, 5) is 23.9. The van der Waals surface area contributed by atoms with Crippen LogP contribution in [0.2, 0.25) is 5.02 Å². The molecule has 2 aromatic carbocycles. The van der Waals surface area contributed by atoms with Gasteiger partial charge in [-0.25, -0.2) is 5.43 Å². The Morgan fingerprint density at radius 3 is 2.48 bits per heavy atom. The van der Waals surface area contributed by atoms with E-state index in [2.05, 4.69) is 36.3 Å². The highest BCUT2D eigenvalue weighted by atomic mass is 79.9. The summed E-state index contributed by atoms with van der Waals surface area (Å²) in [6.07, 6.45) is 1.51. The van der Waals surface area contributed by atoms with Crippen molar-refractivity contribution in [3.05, 3.63) is 81.0 Å². The topological polar surface area (TPSA) is 75.5 Å². The van der Waals surface area contributed by atoms with Gasteiger partial charge in [-0.3, -0.25) is 9.59 Å². The second-order valence-electron chi connectivity index (χ2n) is 6.30. The Balaban J connectivity index is 1.67. The van der Waals surface area contributed by atoms with Crippen molar-refractivity contribution in [2.75, 3.05) is 5.32 Å². The highest BCUT2D eigenvalue weighted by Crippen LogP contribution is 2.21. The van der Waals surface area contributed by atoms with Crippen LogP contribution < -0.4 is 10.7 Å². The van der Waals surface area contributed by atoms with Crippen LogP contribution in [0.25, 0.3) is 5.69 Å². The molecule has 0 saturated heterocycles. The zero-order valence-electron chi connectivity index (χ0n) is 15.7. The van der Waals surface area contributed by atoms with Gasteiger partial charge in [-0.1, -0.05) is 33.6 Å². The van der Waals surface area contributed by atoms with Gasteiger partial charge in [-0.2, -0.15) is 5.10 Å². The van der Waals surface area contributed by atoms with Gasteiger partial charge in [0.15, 0.2) is 0 Å². The normalized spacial score (nSPS) is 10.9. The Bertz CT molecular complexity index is 1090. The third kappa shape index (κ3) is 5.13. The summed E-state index contributed by atoms with van der Waals surface area (Å²) in [6.45, 7) is 3.92. The minimum atomic E-state index is -0.854. The maximum Gasteiger partial charge on any atom is 0.329 e. The van der Waals surface area contributed by atoms with E-state index in [9.17, 15) is 9.59 Å². The number of halogens is 2. The SMILES string of the molecule is Cc1cc(/C=N\NC(=O)C(=O)Nc2cccc(Br)c2)c(C)n1-c1ccc(Cl)cc1. The maximum atomic E-state index is 12.0. The molecule has 1 heterocycles. The lowest BCUT2D eigenvalue weighted by Crippen LogP contribution is -2.32. The number of rotatable bonds is 4.